The summed E-state index contributed by atoms with van der Waals surface area (Å²) in [7, 11) is 0. The number of hydrogen-bond donors (Lipinski definition) is 0. The van der Waals surface area contributed by atoms with Gasteiger partial charge in [0.2, 0.25) is 5.89 Å². The van der Waals surface area contributed by atoms with Gasteiger partial charge in [0.15, 0.2) is 5.82 Å². The van der Waals surface area contributed by atoms with Crippen LogP contribution in [0.3, 0.4) is 0 Å². The average Bonchev–Trinajstić information content (AvgIpc) is 2.89. The van der Waals surface area contributed by atoms with Crippen LogP contribution in [0, 0.1) is 0 Å². The topological polar surface area (TPSA) is 42.2 Å². The summed E-state index contributed by atoms with van der Waals surface area (Å²) in [5.74, 6) is 2.27. The lowest BCUT2D eigenvalue weighted by Gasteiger charge is -2.21. The Bertz CT molecular complexity index is 547. The van der Waals surface area contributed by atoms with Crippen molar-refractivity contribution in [3.05, 3.63) is 34.1 Å². The lowest BCUT2D eigenvalue weighted by molar-refractivity contribution is 0.214. The molecule has 100 valence electrons. The van der Waals surface area contributed by atoms with Gasteiger partial charge in [0.25, 0.3) is 0 Å². The van der Waals surface area contributed by atoms with E-state index >= 15 is 0 Å². The highest BCUT2D eigenvalue weighted by molar-refractivity contribution is 7.10. The van der Waals surface area contributed by atoms with Gasteiger partial charge in [-0.15, -0.1) is 11.3 Å². The molecule has 0 unspecified atom stereocenters. The molecule has 1 saturated carbocycles. The molecule has 0 spiro atoms. The summed E-state index contributed by atoms with van der Waals surface area (Å²) >= 11 is 1.85. The van der Waals surface area contributed by atoms with Crippen molar-refractivity contribution in [3.8, 4) is 0 Å². The highest BCUT2D eigenvalue weighted by Crippen LogP contribution is 2.39. The largest absolute Gasteiger partial charge is 0.338 e. The van der Waals surface area contributed by atoms with Gasteiger partial charge in [-0.2, -0.15) is 4.98 Å². The van der Waals surface area contributed by atoms with E-state index in [0.717, 1.165) is 24.8 Å². The minimum Gasteiger partial charge on any atom is -0.338 e. The molecule has 1 aliphatic carbocycles. The number of likely N-dealkylation sites (tertiary alicyclic amines) is 1. The Morgan fingerprint density at radius 2 is 2.32 bits per heavy atom. The van der Waals surface area contributed by atoms with Gasteiger partial charge in [0.05, 0.1) is 6.54 Å². The van der Waals surface area contributed by atoms with Gasteiger partial charge in [-0.05, 0) is 43.7 Å². The van der Waals surface area contributed by atoms with Gasteiger partial charge in [0.1, 0.15) is 0 Å². The molecule has 4 nitrogen and oxygen atoms in total. The van der Waals surface area contributed by atoms with Crippen LogP contribution in [0.5, 0.6) is 0 Å². The van der Waals surface area contributed by atoms with E-state index in [2.05, 4.69) is 32.6 Å². The molecule has 19 heavy (non-hydrogen) atoms. The lowest BCUT2D eigenvalue weighted by atomic mass is 10.2. The molecule has 0 bridgehead atoms. The molecule has 4 rings (SSSR count). The number of hydrogen-bond acceptors (Lipinski definition) is 5. The van der Waals surface area contributed by atoms with Crippen LogP contribution < -0.4 is 0 Å². The molecule has 0 amide bonds. The summed E-state index contributed by atoms with van der Waals surface area (Å²) in [6.45, 7) is 1.92. The molecule has 5 heteroatoms. The summed E-state index contributed by atoms with van der Waals surface area (Å²) in [5, 5.41) is 6.25. The van der Waals surface area contributed by atoms with E-state index in [1.807, 2.05) is 11.3 Å². The Morgan fingerprint density at radius 3 is 3.11 bits per heavy atom. The van der Waals surface area contributed by atoms with E-state index in [1.54, 1.807) is 0 Å². The van der Waals surface area contributed by atoms with Crippen molar-refractivity contribution >= 4 is 11.3 Å². The van der Waals surface area contributed by atoms with Crippen LogP contribution in [0.4, 0.5) is 0 Å². The second-order valence-corrected chi connectivity index (χ2v) is 6.44. The maximum atomic E-state index is 5.39. The van der Waals surface area contributed by atoms with Crippen LogP contribution in [-0.4, -0.2) is 21.6 Å². The minimum absolute atomic E-state index is 0.538. The van der Waals surface area contributed by atoms with E-state index in [-0.39, 0.29) is 0 Å². The summed E-state index contributed by atoms with van der Waals surface area (Å²) < 4.78 is 5.39. The molecule has 1 atom stereocenters. The van der Waals surface area contributed by atoms with E-state index < -0.39 is 0 Å². The quantitative estimate of drug-likeness (QED) is 0.858. The predicted molar refractivity (Wildman–Crippen MR) is 73.0 cm³/mol. The van der Waals surface area contributed by atoms with E-state index in [9.17, 15) is 0 Å². The van der Waals surface area contributed by atoms with Crippen LogP contribution in [0.25, 0.3) is 0 Å². The summed E-state index contributed by atoms with van der Waals surface area (Å²) in [6.07, 6.45) is 4.94. The van der Waals surface area contributed by atoms with Crippen LogP contribution in [0.2, 0.25) is 0 Å². The average molecular weight is 275 g/mol. The molecule has 1 aliphatic heterocycles. The van der Waals surface area contributed by atoms with Gasteiger partial charge in [-0.3, -0.25) is 4.90 Å². The fraction of sp³-hybridized carbons (Fsp3) is 0.571. The highest BCUT2D eigenvalue weighted by Gasteiger charge is 2.31. The molecule has 2 aromatic heterocycles. The maximum Gasteiger partial charge on any atom is 0.240 e. The zero-order valence-electron chi connectivity index (χ0n) is 10.8. The first-order valence-corrected chi connectivity index (χ1v) is 7.88. The van der Waals surface area contributed by atoms with Crippen LogP contribution >= 0.6 is 11.3 Å². The number of aromatic nitrogens is 2. The summed E-state index contributed by atoms with van der Waals surface area (Å²) in [4.78, 5) is 8.46. The Kier molecular flexibility index (Phi) is 2.89. The SMILES string of the molecule is c1csc([C@@H]2CCCN2Cc2nc(C3CC3)no2)c1. The Morgan fingerprint density at radius 1 is 1.37 bits per heavy atom. The smallest absolute Gasteiger partial charge is 0.240 e. The van der Waals surface area contributed by atoms with Crippen molar-refractivity contribution in [2.24, 2.45) is 0 Å². The molecule has 2 aromatic rings. The minimum atomic E-state index is 0.538. The lowest BCUT2D eigenvalue weighted by Crippen LogP contribution is -2.22. The third kappa shape index (κ3) is 2.32. The molecular formula is C14H17N3OS. The molecule has 0 radical (unpaired) electrons. The normalized spacial score (nSPS) is 24.1. The first-order chi connectivity index (χ1) is 9.40. The first kappa shape index (κ1) is 11.6. The zero-order valence-corrected chi connectivity index (χ0v) is 11.6. The van der Waals surface area contributed by atoms with Crippen molar-refractivity contribution in [2.45, 2.75) is 44.2 Å². The Hall–Kier alpha value is -1.20. The second kappa shape index (κ2) is 4.72. The van der Waals surface area contributed by atoms with Crippen molar-refractivity contribution < 1.29 is 4.52 Å². The van der Waals surface area contributed by atoms with Gasteiger partial charge < -0.3 is 4.52 Å². The van der Waals surface area contributed by atoms with Gasteiger partial charge in [0, 0.05) is 16.8 Å². The van der Waals surface area contributed by atoms with Crippen molar-refractivity contribution in [1.82, 2.24) is 15.0 Å². The van der Waals surface area contributed by atoms with E-state index in [1.165, 1.54) is 30.6 Å². The van der Waals surface area contributed by atoms with Gasteiger partial charge in [-0.25, -0.2) is 0 Å². The third-order valence-electron chi connectivity index (χ3n) is 4.00. The summed E-state index contributed by atoms with van der Waals surface area (Å²) in [6, 6.07) is 4.90. The second-order valence-electron chi connectivity index (χ2n) is 5.46. The number of nitrogens with zero attached hydrogens (tertiary/aromatic N) is 3. The summed E-state index contributed by atoms with van der Waals surface area (Å²) in [5.41, 5.74) is 0. The number of thiophene rings is 1. The van der Waals surface area contributed by atoms with Crippen LogP contribution in [-0.2, 0) is 6.54 Å². The zero-order chi connectivity index (χ0) is 12.7. The molecule has 0 aromatic carbocycles. The fourth-order valence-electron chi connectivity index (χ4n) is 2.83. The molecule has 0 N–H and O–H groups in total. The molecule has 2 fully saturated rings. The monoisotopic (exact) mass is 275 g/mol. The standard InChI is InChI=1S/C14H17N3OS/c1-3-11(12-4-2-8-19-12)17(7-1)9-13-15-14(16-18-13)10-5-6-10/h2,4,8,10-11H,1,3,5-7,9H2/t11-/m0/s1. The highest BCUT2D eigenvalue weighted by atomic mass is 32.1. The van der Waals surface area contributed by atoms with Gasteiger partial charge >= 0.3 is 0 Å². The van der Waals surface area contributed by atoms with E-state index in [4.69, 9.17) is 4.52 Å². The molecular weight excluding hydrogens is 258 g/mol. The fourth-order valence-corrected chi connectivity index (χ4v) is 3.73. The van der Waals surface area contributed by atoms with Crippen LogP contribution in [0.1, 0.15) is 54.2 Å². The molecule has 1 saturated heterocycles. The van der Waals surface area contributed by atoms with Gasteiger partial charge in [-0.1, -0.05) is 11.2 Å². The predicted octanol–water partition coefficient (Wildman–Crippen LogP) is 3.35. The van der Waals surface area contributed by atoms with Crippen molar-refractivity contribution in [3.63, 3.8) is 0 Å². The van der Waals surface area contributed by atoms with Crippen LogP contribution in [0.15, 0.2) is 22.0 Å². The molecule has 3 heterocycles. The Labute approximate surface area is 116 Å². The molecule has 2 aliphatic rings. The van der Waals surface area contributed by atoms with Crippen molar-refractivity contribution in [1.29, 1.82) is 0 Å². The Balaban J connectivity index is 1.48. The maximum absolute atomic E-state index is 5.39. The first-order valence-electron chi connectivity index (χ1n) is 7.00. The van der Waals surface area contributed by atoms with Crippen molar-refractivity contribution in [2.75, 3.05) is 6.54 Å². The third-order valence-corrected chi connectivity index (χ3v) is 4.97. The van der Waals surface area contributed by atoms with E-state index in [0.29, 0.717) is 12.0 Å². The number of rotatable bonds is 4.